The highest BCUT2D eigenvalue weighted by Gasteiger charge is 2.06. The summed E-state index contributed by atoms with van der Waals surface area (Å²) in [6, 6.07) is -1.13. The SMILES string of the molecule is CO.N[C@@H](CO)C(=O)O. The Labute approximate surface area is 52.7 Å². The van der Waals surface area contributed by atoms with E-state index >= 15 is 0 Å². The van der Waals surface area contributed by atoms with Crippen LogP contribution in [0, 0.1) is 0 Å². The maximum absolute atomic E-state index is 9.65. The molecule has 0 saturated heterocycles. The van der Waals surface area contributed by atoms with Gasteiger partial charge in [0, 0.05) is 7.11 Å². The van der Waals surface area contributed by atoms with Crippen molar-refractivity contribution in [2.24, 2.45) is 5.73 Å². The lowest BCUT2D eigenvalue weighted by atomic mass is 10.3. The fourth-order valence-electron chi connectivity index (χ4n) is 0.0781. The van der Waals surface area contributed by atoms with Crippen LogP contribution in [0.15, 0.2) is 0 Å². The number of nitrogens with two attached hydrogens (primary N) is 1. The Morgan fingerprint density at radius 3 is 2.00 bits per heavy atom. The zero-order chi connectivity index (χ0) is 7.86. The average Bonchev–Trinajstić information content (AvgIpc) is 1.91. The summed E-state index contributed by atoms with van der Waals surface area (Å²) in [5, 5.41) is 22.9. The van der Waals surface area contributed by atoms with Crippen LogP contribution in [0.2, 0.25) is 0 Å². The lowest BCUT2D eigenvalue weighted by molar-refractivity contribution is -0.139. The maximum atomic E-state index is 9.65. The van der Waals surface area contributed by atoms with E-state index in [1.54, 1.807) is 0 Å². The minimum Gasteiger partial charge on any atom is -0.480 e. The van der Waals surface area contributed by atoms with Gasteiger partial charge in [-0.15, -0.1) is 0 Å². The predicted molar refractivity (Wildman–Crippen MR) is 30.8 cm³/mol. The van der Waals surface area contributed by atoms with Crippen molar-refractivity contribution >= 4 is 5.97 Å². The summed E-state index contributed by atoms with van der Waals surface area (Å²) in [5.41, 5.74) is 4.77. The smallest absolute Gasteiger partial charge is 0.322 e. The van der Waals surface area contributed by atoms with Gasteiger partial charge in [-0.3, -0.25) is 4.79 Å². The van der Waals surface area contributed by atoms with E-state index in [9.17, 15) is 4.79 Å². The number of aliphatic hydroxyl groups is 2. The first-order chi connectivity index (χ1) is 4.18. The van der Waals surface area contributed by atoms with Crippen LogP contribution in [0.1, 0.15) is 0 Å². The second kappa shape index (κ2) is 7.35. The van der Waals surface area contributed by atoms with E-state index in [1.165, 1.54) is 0 Å². The second-order valence-corrected chi connectivity index (χ2v) is 1.13. The third-order valence-corrected chi connectivity index (χ3v) is 0.514. The van der Waals surface area contributed by atoms with Crippen molar-refractivity contribution in [2.75, 3.05) is 13.7 Å². The van der Waals surface area contributed by atoms with Gasteiger partial charge >= 0.3 is 5.97 Å². The second-order valence-electron chi connectivity index (χ2n) is 1.13. The number of aliphatic hydroxyl groups excluding tert-OH is 2. The molecule has 5 nitrogen and oxygen atoms in total. The molecule has 0 aliphatic rings. The zero-order valence-electron chi connectivity index (χ0n) is 5.11. The van der Waals surface area contributed by atoms with Crippen molar-refractivity contribution in [3.05, 3.63) is 0 Å². The fraction of sp³-hybridized carbons (Fsp3) is 0.750. The van der Waals surface area contributed by atoms with Gasteiger partial charge in [0.1, 0.15) is 6.04 Å². The van der Waals surface area contributed by atoms with Crippen LogP contribution in [0.3, 0.4) is 0 Å². The summed E-state index contributed by atoms with van der Waals surface area (Å²) in [7, 11) is 1.00. The van der Waals surface area contributed by atoms with E-state index in [4.69, 9.17) is 21.1 Å². The van der Waals surface area contributed by atoms with Crippen molar-refractivity contribution in [1.29, 1.82) is 0 Å². The van der Waals surface area contributed by atoms with Gasteiger partial charge in [-0.2, -0.15) is 0 Å². The molecule has 5 N–H and O–H groups in total. The van der Waals surface area contributed by atoms with Crippen molar-refractivity contribution in [2.45, 2.75) is 6.04 Å². The largest absolute Gasteiger partial charge is 0.480 e. The minimum absolute atomic E-state index is 0.505. The highest BCUT2D eigenvalue weighted by molar-refractivity contribution is 5.73. The quantitative estimate of drug-likeness (QED) is 0.352. The summed E-state index contributed by atoms with van der Waals surface area (Å²) in [6.07, 6.45) is 0. The van der Waals surface area contributed by atoms with Crippen molar-refractivity contribution in [3.8, 4) is 0 Å². The van der Waals surface area contributed by atoms with Gasteiger partial charge in [0.25, 0.3) is 0 Å². The average molecular weight is 137 g/mol. The third-order valence-electron chi connectivity index (χ3n) is 0.514. The van der Waals surface area contributed by atoms with Crippen LogP contribution in [0.5, 0.6) is 0 Å². The molecule has 0 aliphatic heterocycles. The zero-order valence-corrected chi connectivity index (χ0v) is 5.11. The Kier molecular flexibility index (Phi) is 9.14. The molecule has 0 rings (SSSR count). The standard InChI is InChI=1S/C3H7NO3.CH4O/c4-2(1-5)3(6)7;1-2/h2,5H,1,4H2,(H,6,7);2H,1H3/t2-;/m0./s1. The summed E-state index contributed by atoms with van der Waals surface area (Å²) < 4.78 is 0. The van der Waals surface area contributed by atoms with Crippen LogP contribution in [0.4, 0.5) is 0 Å². The topological polar surface area (TPSA) is 104 Å². The third kappa shape index (κ3) is 7.35. The Morgan fingerprint density at radius 2 is 2.00 bits per heavy atom. The van der Waals surface area contributed by atoms with E-state index in [0.717, 1.165) is 7.11 Å². The molecule has 0 aliphatic carbocycles. The number of hydrogen-bond donors (Lipinski definition) is 4. The highest BCUT2D eigenvalue weighted by Crippen LogP contribution is 1.71. The molecule has 5 heteroatoms. The molecule has 0 amide bonds. The first-order valence-corrected chi connectivity index (χ1v) is 2.22. The lowest BCUT2D eigenvalue weighted by Gasteiger charge is -1.96. The van der Waals surface area contributed by atoms with Gasteiger partial charge in [-0.1, -0.05) is 0 Å². The van der Waals surface area contributed by atoms with Crippen LogP contribution in [0.25, 0.3) is 0 Å². The number of hydrogen-bond acceptors (Lipinski definition) is 4. The van der Waals surface area contributed by atoms with Gasteiger partial charge in [0.15, 0.2) is 0 Å². The van der Waals surface area contributed by atoms with Gasteiger partial charge < -0.3 is 21.1 Å². The van der Waals surface area contributed by atoms with E-state index < -0.39 is 18.6 Å². The Balaban J connectivity index is 0. The van der Waals surface area contributed by atoms with E-state index in [0.29, 0.717) is 0 Å². The van der Waals surface area contributed by atoms with Gasteiger partial charge in [-0.25, -0.2) is 0 Å². The summed E-state index contributed by atoms with van der Waals surface area (Å²) in [5.74, 6) is -1.18. The predicted octanol–water partition coefficient (Wildman–Crippen LogP) is -2.00. The van der Waals surface area contributed by atoms with Gasteiger partial charge in [0.2, 0.25) is 0 Å². The van der Waals surface area contributed by atoms with Crippen LogP contribution < -0.4 is 5.73 Å². The number of carboxylic acids is 1. The molecule has 0 heterocycles. The number of carbonyl (C=O) groups is 1. The monoisotopic (exact) mass is 137 g/mol. The molecule has 0 fully saturated rings. The molecular weight excluding hydrogens is 126 g/mol. The molecule has 0 saturated carbocycles. The molecule has 1 atom stereocenters. The molecule has 0 aromatic heterocycles. The molecule has 56 valence electrons. The van der Waals surface area contributed by atoms with Crippen molar-refractivity contribution in [3.63, 3.8) is 0 Å². The first kappa shape index (κ1) is 11.2. The minimum atomic E-state index is -1.18. The molecule has 0 radical (unpaired) electrons. The summed E-state index contributed by atoms with van der Waals surface area (Å²) >= 11 is 0. The maximum Gasteiger partial charge on any atom is 0.322 e. The number of rotatable bonds is 2. The van der Waals surface area contributed by atoms with E-state index in [2.05, 4.69) is 0 Å². The van der Waals surface area contributed by atoms with Crippen LogP contribution in [-0.4, -0.2) is 41.0 Å². The number of aliphatic carboxylic acids is 1. The molecule has 9 heavy (non-hydrogen) atoms. The summed E-state index contributed by atoms with van der Waals surface area (Å²) in [6.45, 7) is -0.505. The molecule has 0 aromatic carbocycles. The lowest BCUT2D eigenvalue weighted by Crippen LogP contribution is -2.33. The normalized spacial score (nSPS) is 11.1. The Morgan fingerprint density at radius 1 is 1.67 bits per heavy atom. The fourth-order valence-corrected chi connectivity index (χ4v) is 0.0781. The van der Waals surface area contributed by atoms with Gasteiger partial charge in [0.05, 0.1) is 6.61 Å². The number of carboxylic acid groups (broad SMARTS) is 1. The van der Waals surface area contributed by atoms with Gasteiger partial charge in [-0.05, 0) is 0 Å². The van der Waals surface area contributed by atoms with E-state index in [1.807, 2.05) is 0 Å². The van der Waals surface area contributed by atoms with Crippen LogP contribution >= 0.6 is 0 Å². The molecular formula is C4H11NO4. The van der Waals surface area contributed by atoms with Crippen molar-refractivity contribution in [1.82, 2.24) is 0 Å². The highest BCUT2D eigenvalue weighted by atomic mass is 16.4. The first-order valence-electron chi connectivity index (χ1n) is 2.22. The van der Waals surface area contributed by atoms with E-state index in [-0.39, 0.29) is 0 Å². The molecule has 0 spiro atoms. The van der Waals surface area contributed by atoms with Crippen LogP contribution in [-0.2, 0) is 4.79 Å². The Hall–Kier alpha value is -0.650. The molecule has 0 aromatic rings. The Bertz CT molecular complexity index is 75.0. The summed E-state index contributed by atoms with van der Waals surface area (Å²) in [4.78, 5) is 9.65. The molecule has 0 unspecified atom stereocenters. The van der Waals surface area contributed by atoms with Crippen molar-refractivity contribution < 1.29 is 20.1 Å². The molecule has 0 bridgehead atoms.